The number of carbonyl (C=O) groups excluding carboxylic acids is 1. The summed E-state index contributed by atoms with van der Waals surface area (Å²) in [5.41, 5.74) is 0.996. The van der Waals surface area contributed by atoms with Gasteiger partial charge in [-0.2, -0.15) is 0 Å². The lowest BCUT2D eigenvalue weighted by Crippen LogP contribution is -2.51. The molecule has 1 saturated heterocycles. The Morgan fingerprint density at radius 1 is 1.17 bits per heavy atom. The summed E-state index contributed by atoms with van der Waals surface area (Å²) < 4.78 is 5.33. The lowest BCUT2D eigenvalue weighted by Gasteiger charge is -2.37. The van der Waals surface area contributed by atoms with Crippen LogP contribution in [0.15, 0.2) is 30.3 Å². The lowest BCUT2D eigenvalue weighted by molar-refractivity contribution is 0.0537. The molecular formula is C18H26N2O3. The molecule has 5 nitrogen and oxygen atoms in total. The van der Waals surface area contributed by atoms with Crippen molar-refractivity contribution >= 4 is 6.09 Å². The Kier molecular flexibility index (Phi) is 5.51. The highest BCUT2D eigenvalue weighted by Crippen LogP contribution is 2.27. The van der Waals surface area contributed by atoms with Crippen molar-refractivity contribution < 1.29 is 14.6 Å². The van der Waals surface area contributed by atoms with Crippen molar-refractivity contribution in [3.63, 3.8) is 0 Å². The standard InChI is InChI=1S/C18H26N2O3/c21-15-9-11-20(12-10-15)17-8-4-7-16(17)19-18(22)23-13-14-5-2-1-3-6-14/h1-3,5-6,15-17,21H,4,7-13H2,(H,19,22). The number of rotatable bonds is 4. The van der Waals surface area contributed by atoms with Crippen molar-refractivity contribution in [1.82, 2.24) is 10.2 Å². The zero-order valence-corrected chi connectivity index (χ0v) is 13.5. The Labute approximate surface area is 137 Å². The summed E-state index contributed by atoms with van der Waals surface area (Å²) in [6.45, 7) is 2.14. The molecule has 2 fully saturated rings. The molecule has 2 aliphatic rings. The minimum Gasteiger partial charge on any atom is -0.445 e. The van der Waals surface area contributed by atoms with Crippen LogP contribution in [-0.2, 0) is 11.3 Å². The van der Waals surface area contributed by atoms with Crippen molar-refractivity contribution in [2.75, 3.05) is 13.1 Å². The van der Waals surface area contributed by atoms with Crippen LogP contribution < -0.4 is 5.32 Å². The quantitative estimate of drug-likeness (QED) is 0.894. The number of nitrogens with one attached hydrogen (secondary N) is 1. The minimum atomic E-state index is -0.331. The Bertz CT molecular complexity index is 500. The monoisotopic (exact) mass is 318 g/mol. The van der Waals surface area contributed by atoms with Crippen LogP contribution in [-0.4, -0.2) is 47.4 Å². The van der Waals surface area contributed by atoms with Crippen molar-refractivity contribution in [2.24, 2.45) is 0 Å². The molecule has 1 aliphatic heterocycles. The molecule has 0 aromatic heterocycles. The summed E-state index contributed by atoms with van der Waals surface area (Å²) in [5, 5.41) is 12.7. The van der Waals surface area contributed by atoms with Gasteiger partial charge in [0, 0.05) is 25.2 Å². The number of alkyl carbamates (subject to hydrolysis) is 1. The molecule has 2 unspecified atom stereocenters. The predicted molar refractivity (Wildman–Crippen MR) is 88.0 cm³/mol. The first-order valence-electron chi connectivity index (χ1n) is 8.62. The van der Waals surface area contributed by atoms with E-state index in [0.29, 0.717) is 12.6 Å². The van der Waals surface area contributed by atoms with Gasteiger partial charge < -0.3 is 15.2 Å². The van der Waals surface area contributed by atoms with E-state index in [1.165, 1.54) is 0 Å². The van der Waals surface area contributed by atoms with E-state index in [2.05, 4.69) is 10.2 Å². The maximum absolute atomic E-state index is 12.1. The molecule has 23 heavy (non-hydrogen) atoms. The molecule has 1 amide bonds. The van der Waals surface area contributed by atoms with E-state index in [-0.39, 0.29) is 18.2 Å². The van der Waals surface area contributed by atoms with Crippen LogP contribution in [0.3, 0.4) is 0 Å². The summed E-state index contributed by atoms with van der Waals surface area (Å²) in [6, 6.07) is 10.3. The van der Waals surface area contributed by atoms with Crippen LogP contribution in [0.1, 0.15) is 37.7 Å². The Morgan fingerprint density at radius 2 is 1.91 bits per heavy atom. The zero-order chi connectivity index (χ0) is 16.1. The maximum Gasteiger partial charge on any atom is 0.407 e. The summed E-state index contributed by atoms with van der Waals surface area (Å²) in [4.78, 5) is 14.5. The second kappa shape index (κ2) is 7.79. The van der Waals surface area contributed by atoms with Gasteiger partial charge in [0.1, 0.15) is 6.61 Å². The number of hydrogen-bond acceptors (Lipinski definition) is 4. The van der Waals surface area contributed by atoms with Crippen molar-refractivity contribution in [1.29, 1.82) is 0 Å². The van der Waals surface area contributed by atoms with Crippen LogP contribution in [0.4, 0.5) is 4.79 Å². The van der Waals surface area contributed by atoms with Gasteiger partial charge in [-0.1, -0.05) is 30.3 Å². The van der Waals surface area contributed by atoms with Crippen LogP contribution >= 0.6 is 0 Å². The molecule has 1 aromatic rings. The Hall–Kier alpha value is -1.59. The van der Waals surface area contributed by atoms with Crippen molar-refractivity contribution in [3.05, 3.63) is 35.9 Å². The van der Waals surface area contributed by atoms with E-state index in [0.717, 1.165) is 50.8 Å². The highest BCUT2D eigenvalue weighted by molar-refractivity contribution is 5.67. The topological polar surface area (TPSA) is 61.8 Å². The third kappa shape index (κ3) is 4.45. The maximum atomic E-state index is 12.1. The summed E-state index contributed by atoms with van der Waals surface area (Å²) in [6.07, 6.45) is 4.43. The molecule has 3 rings (SSSR count). The first kappa shape index (κ1) is 16.3. The summed E-state index contributed by atoms with van der Waals surface area (Å²) >= 11 is 0. The molecule has 0 radical (unpaired) electrons. The number of likely N-dealkylation sites (tertiary alicyclic amines) is 1. The van der Waals surface area contributed by atoms with Gasteiger partial charge in [-0.25, -0.2) is 4.79 Å². The molecule has 1 heterocycles. The van der Waals surface area contributed by atoms with Gasteiger partial charge in [0.05, 0.1) is 6.10 Å². The highest BCUT2D eigenvalue weighted by Gasteiger charge is 2.34. The zero-order valence-electron chi connectivity index (χ0n) is 13.5. The number of amides is 1. The average Bonchev–Trinajstić information content (AvgIpc) is 3.03. The molecule has 1 aliphatic carbocycles. The SMILES string of the molecule is O=C(NC1CCCC1N1CCC(O)CC1)OCc1ccccc1. The molecule has 126 valence electrons. The van der Waals surface area contributed by atoms with E-state index >= 15 is 0 Å². The van der Waals surface area contributed by atoms with E-state index in [1.54, 1.807) is 0 Å². The number of benzene rings is 1. The Morgan fingerprint density at radius 3 is 2.65 bits per heavy atom. The van der Waals surface area contributed by atoms with E-state index in [9.17, 15) is 9.90 Å². The fraction of sp³-hybridized carbons (Fsp3) is 0.611. The van der Waals surface area contributed by atoms with Crippen LogP contribution in [0.2, 0.25) is 0 Å². The van der Waals surface area contributed by atoms with Gasteiger partial charge in [-0.15, -0.1) is 0 Å². The second-order valence-corrected chi connectivity index (χ2v) is 6.58. The van der Waals surface area contributed by atoms with Crippen molar-refractivity contribution in [2.45, 2.75) is 56.9 Å². The fourth-order valence-corrected chi connectivity index (χ4v) is 3.68. The van der Waals surface area contributed by atoms with E-state index in [4.69, 9.17) is 4.74 Å². The third-order valence-corrected chi connectivity index (χ3v) is 4.96. The molecule has 1 aromatic carbocycles. The van der Waals surface area contributed by atoms with Gasteiger partial charge in [0.2, 0.25) is 0 Å². The predicted octanol–water partition coefficient (Wildman–Crippen LogP) is 2.29. The number of ether oxygens (including phenoxy) is 1. The van der Waals surface area contributed by atoms with Crippen molar-refractivity contribution in [3.8, 4) is 0 Å². The molecule has 0 spiro atoms. The number of aliphatic hydroxyl groups is 1. The molecule has 2 atom stereocenters. The molecule has 0 bridgehead atoms. The van der Waals surface area contributed by atoms with Gasteiger partial charge >= 0.3 is 6.09 Å². The average molecular weight is 318 g/mol. The lowest BCUT2D eigenvalue weighted by atomic mass is 10.0. The normalized spacial score (nSPS) is 26.1. The molecular weight excluding hydrogens is 292 g/mol. The smallest absolute Gasteiger partial charge is 0.407 e. The minimum absolute atomic E-state index is 0.158. The van der Waals surface area contributed by atoms with Gasteiger partial charge in [-0.05, 0) is 37.7 Å². The fourth-order valence-electron chi connectivity index (χ4n) is 3.68. The number of carbonyl (C=O) groups is 1. The first-order chi connectivity index (χ1) is 11.2. The largest absolute Gasteiger partial charge is 0.445 e. The third-order valence-electron chi connectivity index (χ3n) is 4.96. The molecule has 5 heteroatoms. The van der Waals surface area contributed by atoms with E-state index < -0.39 is 0 Å². The number of piperidine rings is 1. The first-order valence-corrected chi connectivity index (χ1v) is 8.62. The number of aliphatic hydroxyl groups excluding tert-OH is 1. The van der Waals surface area contributed by atoms with Crippen LogP contribution in [0.25, 0.3) is 0 Å². The highest BCUT2D eigenvalue weighted by atomic mass is 16.5. The second-order valence-electron chi connectivity index (χ2n) is 6.58. The van der Waals surface area contributed by atoms with E-state index in [1.807, 2.05) is 30.3 Å². The Balaban J connectivity index is 1.47. The summed E-state index contributed by atoms with van der Waals surface area (Å²) in [5.74, 6) is 0. The van der Waals surface area contributed by atoms with Gasteiger partial charge in [-0.3, -0.25) is 4.90 Å². The number of hydrogen-bond donors (Lipinski definition) is 2. The summed E-state index contributed by atoms with van der Waals surface area (Å²) in [7, 11) is 0. The number of nitrogens with zero attached hydrogens (tertiary/aromatic N) is 1. The molecule has 1 saturated carbocycles. The van der Waals surface area contributed by atoms with Crippen LogP contribution in [0.5, 0.6) is 0 Å². The molecule has 2 N–H and O–H groups in total. The van der Waals surface area contributed by atoms with Gasteiger partial charge in [0.25, 0.3) is 0 Å². The van der Waals surface area contributed by atoms with Crippen LogP contribution in [0, 0.1) is 0 Å². The van der Waals surface area contributed by atoms with Gasteiger partial charge in [0.15, 0.2) is 0 Å².